The van der Waals surface area contributed by atoms with E-state index in [0.29, 0.717) is 6.42 Å². The number of benzene rings is 1. The van der Waals surface area contributed by atoms with Crippen LogP contribution in [-0.4, -0.2) is 62.9 Å². The van der Waals surface area contributed by atoms with Crippen molar-refractivity contribution in [3.05, 3.63) is 35.9 Å². The minimum Gasteiger partial charge on any atom is -0.481 e. The molecule has 11 nitrogen and oxygen atoms in total. The molecule has 27 heavy (non-hydrogen) atoms. The van der Waals surface area contributed by atoms with Crippen LogP contribution >= 0.6 is 0 Å². The molecule has 0 radical (unpaired) electrons. The number of rotatable bonds is 8. The third-order valence-corrected chi connectivity index (χ3v) is 2.78. The van der Waals surface area contributed by atoms with E-state index >= 15 is 0 Å². The highest BCUT2D eigenvalue weighted by atomic mass is 16.4. The number of nitrogens with two attached hydrogens (primary N) is 3. The molecule has 1 aromatic carbocycles. The molecular weight excluding hydrogens is 362 g/mol. The minimum atomic E-state index is -1.17. The zero-order chi connectivity index (χ0) is 21.4. The second-order valence-electron chi connectivity index (χ2n) is 5.11. The maximum atomic E-state index is 10.4. The van der Waals surface area contributed by atoms with Gasteiger partial charge < -0.3 is 37.6 Å². The maximum absolute atomic E-state index is 10.4. The largest absolute Gasteiger partial charge is 0.481 e. The van der Waals surface area contributed by atoms with Crippen molar-refractivity contribution in [1.29, 1.82) is 0 Å². The fourth-order valence-electron chi connectivity index (χ4n) is 1.36. The molecule has 10 N–H and O–H groups in total. The van der Waals surface area contributed by atoms with Crippen LogP contribution in [0.15, 0.2) is 30.3 Å². The van der Waals surface area contributed by atoms with Crippen molar-refractivity contribution in [3.63, 3.8) is 0 Å². The zero-order valence-electron chi connectivity index (χ0n) is 14.5. The van der Waals surface area contributed by atoms with Crippen molar-refractivity contribution in [2.24, 2.45) is 17.2 Å². The smallest absolute Gasteiger partial charge is 0.320 e. The summed E-state index contributed by atoms with van der Waals surface area (Å²) in [7, 11) is 0. The number of aliphatic carboxylic acids is 4. The summed E-state index contributed by atoms with van der Waals surface area (Å²) in [5.41, 5.74) is 15.9. The molecule has 11 heteroatoms. The van der Waals surface area contributed by atoms with E-state index in [4.69, 9.17) is 31.9 Å². The lowest BCUT2D eigenvalue weighted by atomic mass is 10.1. The topological polar surface area (TPSA) is 227 Å². The van der Waals surface area contributed by atoms with Gasteiger partial charge in [0.2, 0.25) is 0 Å². The Balaban J connectivity index is 0. The summed E-state index contributed by atoms with van der Waals surface area (Å²) in [5.74, 6) is -4.12. The first-order chi connectivity index (χ1) is 12.5. The molecule has 0 fully saturated rings. The molecule has 0 amide bonds. The molecule has 0 aromatic heterocycles. The second kappa shape index (κ2) is 15.3. The van der Waals surface area contributed by atoms with Gasteiger partial charge in [0.15, 0.2) is 0 Å². The molecule has 0 heterocycles. The van der Waals surface area contributed by atoms with E-state index < -0.39 is 36.0 Å². The lowest BCUT2D eigenvalue weighted by molar-refractivity contribution is -0.140. The van der Waals surface area contributed by atoms with Crippen LogP contribution in [0.3, 0.4) is 0 Å². The monoisotopic (exact) mass is 387 g/mol. The molecule has 152 valence electrons. The van der Waals surface area contributed by atoms with Crippen LogP contribution in [0.4, 0.5) is 0 Å². The molecule has 0 aliphatic heterocycles. The van der Waals surface area contributed by atoms with Crippen LogP contribution in [0.5, 0.6) is 0 Å². The fraction of sp³-hybridized carbons (Fsp3) is 0.375. The molecule has 0 aliphatic rings. The van der Waals surface area contributed by atoms with E-state index in [1.54, 1.807) is 0 Å². The average molecular weight is 387 g/mol. The lowest BCUT2D eigenvalue weighted by Gasteiger charge is -2.04. The first-order valence-corrected chi connectivity index (χ1v) is 7.65. The van der Waals surface area contributed by atoms with Crippen molar-refractivity contribution in [3.8, 4) is 0 Å². The van der Waals surface area contributed by atoms with Gasteiger partial charge in [0.05, 0.1) is 6.54 Å². The van der Waals surface area contributed by atoms with Gasteiger partial charge in [0.1, 0.15) is 12.1 Å². The van der Waals surface area contributed by atoms with E-state index in [0.717, 1.165) is 5.56 Å². The molecule has 0 spiro atoms. The van der Waals surface area contributed by atoms with Gasteiger partial charge in [0.25, 0.3) is 0 Å². The first kappa shape index (κ1) is 26.2. The Kier molecular flexibility index (Phi) is 14.8. The van der Waals surface area contributed by atoms with Gasteiger partial charge in [-0.15, -0.1) is 0 Å². The Morgan fingerprint density at radius 1 is 0.815 bits per heavy atom. The van der Waals surface area contributed by atoms with Gasteiger partial charge in [-0.2, -0.15) is 0 Å². The van der Waals surface area contributed by atoms with Crippen LogP contribution in [0.2, 0.25) is 0 Å². The number of carbonyl (C=O) groups is 4. The van der Waals surface area contributed by atoms with Crippen molar-refractivity contribution >= 4 is 23.9 Å². The van der Waals surface area contributed by atoms with Crippen LogP contribution in [0, 0.1) is 0 Å². The molecule has 0 saturated carbocycles. The van der Waals surface area contributed by atoms with E-state index in [1.165, 1.54) is 0 Å². The maximum Gasteiger partial charge on any atom is 0.320 e. The third kappa shape index (κ3) is 17.6. The summed E-state index contributed by atoms with van der Waals surface area (Å²) in [6.45, 7) is -0.278. The van der Waals surface area contributed by atoms with Crippen molar-refractivity contribution < 1.29 is 39.6 Å². The van der Waals surface area contributed by atoms with E-state index in [1.807, 2.05) is 30.3 Å². The first-order valence-electron chi connectivity index (χ1n) is 7.65. The van der Waals surface area contributed by atoms with Gasteiger partial charge in [-0.25, -0.2) is 0 Å². The average Bonchev–Trinajstić information content (AvgIpc) is 2.61. The lowest BCUT2D eigenvalue weighted by Crippen LogP contribution is -2.32. The van der Waals surface area contributed by atoms with E-state index in [-0.39, 0.29) is 19.4 Å². The second-order valence-corrected chi connectivity index (χ2v) is 5.11. The molecule has 0 saturated heterocycles. The highest BCUT2D eigenvalue weighted by Crippen LogP contribution is 2.01. The molecule has 0 unspecified atom stereocenters. The van der Waals surface area contributed by atoms with Crippen LogP contribution in [0.25, 0.3) is 0 Å². The standard InChI is InChI=1S/C9H11NO2.C5H9NO4.C2H5NO2/c10-8(9(11)12)6-7-4-2-1-3-5-7;6-3(5(9)10)1-2-4(7)8;3-1-2(4)5/h1-5,8H,6,10H2,(H,11,12);3H,1-2,6H2,(H,7,8)(H,9,10);1,3H2,(H,4,5)/t8-;3-;/m00./s1. The Morgan fingerprint density at radius 2 is 1.26 bits per heavy atom. The highest BCUT2D eigenvalue weighted by Gasteiger charge is 2.12. The molecule has 2 atom stereocenters. The van der Waals surface area contributed by atoms with Crippen molar-refractivity contribution in [2.45, 2.75) is 31.3 Å². The van der Waals surface area contributed by atoms with Crippen LogP contribution in [0.1, 0.15) is 18.4 Å². The van der Waals surface area contributed by atoms with Crippen LogP contribution in [-0.2, 0) is 25.6 Å². The van der Waals surface area contributed by atoms with Crippen molar-refractivity contribution in [1.82, 2.24) is 0 Å². The highest BCUT2D eigenvalue weighted by molar-refractivity contribution is 5.74. The summed E-state index contributed by atoms with van der Waals surface area (Å²) in [4.78, 5) is 39.5. The number of hydrogen-bond donors (Lipinski definition) is 7. The Labute approximate surface area is 155 Å². The predicted octanol–water partition coefficient (Wildman–Crippen LogP) is -1.07. The molecule has 0 bridgehead atoms. The van der Waals surface area contributed by atoms with Gasteiger partial charge in [-0.3, -0.25) is 19.2 Å². The molecular formula is C16H25N3O8. The molecule has 1 aromatic rings. The summed E-state index contributed by atoms with van der Waals surface area (Å²) >= 11 is 0. The summed E-state index contributed by atoms with van der Waals surface area (Å²) < 4.78 is 0. The SMILES string of the molecule is NCC(=O)O.N[C@@H](CCC(=O)O)C(=O)O.N[C@@H](Cc1ccccc1)C(=O)O. The predicted molar refractivity (Wildman–Crippen MR) is 94.9 cm³/mol. The van der Waals surface area contributed by atoms with E-state index in [2.05, 4.69) is 5.73 Å². The Hall–Kier alpha value is -3.02. The van der Waals surface area contributed by atoms with Gasteiger partial charge in [-0.05, 0) is 18.4 Å². The number of carboxylic acids is 4. The summed E-state index contributed by atoms with van der Waals surface area (Å²) in [6.07, 6.45) is 0.161. The Morgan fingerprint density at radius 3 is 1.59 bits per heavy atom. The quantitative estimate of drug-likeness (QED) is 0.284. The van der Waals surface area contributed by atoms with E-state index in [9.17, 15) is 19.2 Å². The third-order valence-electron chi connectivity index (χ3n) is 2.78. The number of carboxylic acid groups (broad SMARTS) is 4. The van der Waals surface area contributed by atoms with Gasteiger partial charge >= 0.3 is 23.9 Å². The minimum absolute atomic E-state index is 0.0231. The van der Waals surface area contributed by atoms with Gasteiger partial charge in [0, 0.05) is 6.42 Å². The zero-order valence-corrected chi connectivity index (χ0v) is 14.5. The Bertz CT molecular complexity index is 595. The molecule has 1 rings (SSSR count). The summed E-state index contributed by atoms with van der Waals surface area (Å²) in [6, 6.07) is 7.48. The van der Waals surface area contributed by atoms with Crippen LogP contribution < -0.4 is 17.2 Å². The summed E-state index contributed by atoms with van der Waals surface area (Å²) in [5, 5.41) is 32.4. The normalized spacial score (nSPS) is 11.5. The fourth-order valence-corrected chi connectivity index (χ4v) is 1.36. The number of hydrogen-bond acceptors (Lipinski definition) is 7. The van der Waals surface area contributed by atoms with Gasteiger partial charge in [-0.1, -0.05) is 30.3 Å². The molecule has 0 aliphatic carbocycles. The van der Waals surface area contributed by atoms with Crippen molar-refractivity contribution in [2.75, 3.05) is 6.54 Å².